The van der Waals surface area contributed by atoms with Gasteiger partial charge in [-0.2, -0.15) is 5.10 Å². The number of carbonyl (C=O) groups is 1. The molecule has 0 atom stereocenters. The molecule has 0 saturated carbocycles. The highest BCUT2D eigenvalue weighted by atomic mass is 32.1. The van der Waals surface area contributed by atoms with E-state index in [0.717, 1.165) is 11.3 Å². The summed E-state index contributed by atoms with van der Waals surface area (Å²) in [5.41, 5.74) is 3.89. The van der Waals surface area contributed by atoms with Gasteiger partial charge in [0, 0.05) is 30.1 Å². The van der Waals surface area contributed by atoms with E-state index in [2.05, 4.69) is 25.4 Å². The summed E-state index contributed by atoms with van der Waals surface area (Å²) < 4.78 is 1.28. The first-order chi connectivity index (χ1) is 16.2. The van der Waals surface area contributed by atoms with Gasteiger partial charge in [0.25, 0.3) is 17.0 Å². The summed E-state index contributed by atoms with van der Waals surface area (Å²) in [4.78, 5) is 49.8. The lowest BCUT2D eigenvalue weighted by molar-refractivity contribution is 0.103. The first-order valence-corrected chi connectivity index (χ1v) is 11.5. The maximum Gasteiger partial charge on any atom is 0.277 e. The highest BCUT2D eigenvalue weighted by Crippen LogP contribution is 2.29. The maximum absolute atomic E-state index is 13.1. The number of hydrogen-bond acceptors (Lipinski definition) is 7. The van der Waals surface area contributed by atoms with Crippen molar-refractivity contribution in [3.63, 3.8) is 0 Å². The van der Waals surface area contributed by atoms with Crippen LogP contribution in [0.4, 0.5) is 5.69 Å². The van der Waals surface area contributed by atoms with E-state index in [0.29, 0.717) is 50.3 Å². The minimum Gasteiger partial charge on any atom is -0.321 e. The number of anilines is 1. The lowest BCUT2D eigenvalue weighted by Gasteiger charge is -2.08. The van der Waals surface area contributed by atoms with Gasteiger partial charge in [-0.3, -0.25) is 14.4 Å². The van der Waals surface area contributed by atoms with Crippen molar-refractivity contribution in [1.29, 1.82) is 0 Å². The second kappa shape index (κ2) is 9.14. The summed E-state index contributed by atoms with van der Waals surface area (Å²) in [5.74, 6) is 0.110. The van der Waals surface area contributed by atoms with Gasteiger partial charge in [0.1, 0.15) is 15.7 Å². The van der Waals surface area contributed by atoms with Crippen molar-refractivity contribution in [3.8, 4) is 22.0 Å². The molecule has 4 aromatic rings. The van der Waals surface area contributed by atoms with Crippen LogP contribution in [0.5, 0.6) is 0 Å². The quantitative estimate of drug-likeness (QED) is 0.455. The largest absolute Gasteiger partial charge is 0.321 e. The molecule has 3 aromatic heterocycles. The number of benzene rings is 1. The Morgan fingerprint density at radius 2 is 1.88 bits per heavy atom. The number of thiazole rings is 1. The van der Waals surface area contributed by atoms with E-state index >= 15 is 0 Å². The summed E-state index contributed by atoms with van der Waals surface area (Å²) in [6, 6.07) is 8.57. The van der Waals surface area contributed by atoms with Crippen molar-refractivity contribution in [3.05, 3.63) is 78.6 Å². The van der Waals surface area contributed by atoms with E-state index in [1.54, 1.807) is 32.2 Å². The molecule has 0 aliphatic carbocycles. The fourth-order valence-electron chi connectivity index (χ4n) is 3.57. The fraction of sp³-hybridized carbons (Fsp3) is 0.250. The third kappa shape index (κ3) is 4.44. The zero-order valence-electron chi connectivity index (χ0n) is 19.5. The third-order valence-corrected chi connectivity index (χ3v) is 6.67. The van der Waals surface area contributed by atoms with Gasteiger partial charge in [0.2, 0.25) is 0 Å². The highest BCUT2D eigenvalue weighted by Gasteiger charge is 2.21. The predicted molar refractivity (Wildman–Crippen MR) is 132 cm³/mol. The van der Waals surface area contributed by atoms with E-state index in [1.165, 1.54) is 22.1 Å². The van der Waals surface area contributed by atoms with Crippen molar-refractivity contribution < 1.29 is 4.79 Å². The van der Waals surface area contributed by atoms with Crippen molar-refractivity contribution in [2.75, 3.05) is 5.32 Å². The Kier molecular flexibility index (Phi) is 6.25. The van der Waals surface area contributed by atoms with Crippen LogP contribution in [0.25, 0.3) is 22.0 Å². The molecule has 0 saturated heterocycles. The lowest BCUT2D eigenvalue weighted by atomic mass is 10.1. The molecular formula is C24H24N6O3S. The Hall–Kier alpha value is -3.92. The minimum atomic E-state index is -0.331. The minimum absolute atomic E-state index is 0.225. The van der Waals surface area contributed by atoms with Crippen LogP contribution >= 0.6 is 11.3 Å². The van der Waals surface area contributed by atoms with Crippen LogP contribution < -0.4 is 16.4 Å². The summed E-state index contributed by atoms with van der Waals surface area (Å²) >= 11 is 1.17. The Morgan fingerprint density at radius 1 is 1.12 bits per heavy atom. The van der Waals surface area contributed by atoms with Crippen LogP contribution in [-0.4, -0.2) is 30.6 Å². The third-order valence-electron chi connectivity index (χ3n) is 5.49. The molecule has 0 aliphatic rings. The van der Waals surface area contributed by atoms with Gasteiger partial charge < -0.3 is 10.3 Å². The molecule has 0 radical (unpaired) electrons. The Balaban J connectivity index is 1.65. The molecule has 2 N–H and O–H groups in total. The van der Waals surface area contributed by atoms with Crippen LogP contribution in [0, 0.1) is 20.8 Å². The number of H-pyrrole nitrogens is 1. The molecule has 1 amide bonds. The molecule has 0 fully saturated rings. The number of nitrogens with zero attached hydrogens (tertiary/aromatic N) is 4. The van der Waals surface area contributed by atoms with E-state index in [1.807, 2.05) is 26.8 Å². The maximum atomic E-state index is 13.1. The fourth-order valence-corrected chi connectivity index (χ4v) is 4.63. The topological polar surface area (TPSA) is 123 Å². The van der Waals surface area contributed by atoms with Gasteiger partial charge in [-0.05, 0) is 44.9 Å². The van der Waals surface area contributed by atoms with Gasteiger partial charge in [0.05, 0.1) is 17.0 Å². The van der Waals surface area contributed by atoms with Crippen molar-refractivity contribution in [2.45, 2.75) is 34.1 Å². The zero-order valence-corrected chi connectivity index (χ0v) is 20.3. The SMILES string of the molecule is CCc1cc(=O)[nH]c(-c2cccc(NC(=O)c3sc(-c4c(C)c(C)nn(C)c4=O)nc3C)c2)n1. The number of nitrogens with one attached hydrogen (secondary N) is 2. The van der Waals surface area contributed by atoms with Crippen molar-refractivity contribution >= 4 is 22.9 Å². The van der Waals surface area contributed by atoms with E-state index < -0.39 is 0 Å². The van der Waals surface area contributed by atoms with Crippen molar-refractivity contribution in [2.24, 2.45) is 7.05 Å². The molecule has 0 aliphatic heterocycles. The second-order valence-electron chi connectivity index (χ2n) is 7.92. The number of aromatic nitrogens is 5. The summed E-state index contributed by atoms with van der Waals surface area (Å²) in [7, 11) is 1.59. The molecule has 3 heterocycles. The van der Waals surface area contributed by atoms with Gasteiger partial charge >= 0.3 is 0 Å². The average molecular weight is 477 g/mol. The molecule has 4 rings (SSSR count). The molecule has 0 unspecified atom stereocenters. The Morgan fingerprint density at radius 3 is 2.62 bits per heavy atom. The van der Waals surface area contributed by atoms with Gasteiger partial charge in [-0.1, -0.05) is 19.1 Å². The number of carbonyl (C=O) groups excluding carboxylic acids is 1. The van der Waals surface area contributed by atoms with Crippen LogP contribution in [0.2, 0.25) is 0 Å². The first-order valence-electron chi connectivity index (χ1n) is 10.7. The Bertz CT molecular complexity index is 1530. The summed E-state index contributed by atoms with van der Waals surface area (Å²) in [6.07, 6.45) is 0.639. The number of aromatic amines is 1. The first kappa shape index (κ1) is 23.2. The van der Waals surface area contributed by atoms with Crippen molar-refractivity contribution in [1.82, 2.24) is 24.7 Å². The standard InChI is InChI=1S/C24H24N6O3S/c1-6-16-11-18(31)28-21(26-16)15-8-7-9-17(10-15)27-22(32)20-14(4)25-23(34-20)19-12(2)13(3)29-30(5)24(19)33/h7-11H,6H2,1-5H3,(H,27,32)(H,26,28,31). The molecular weight excluding hydrogens is 452 g/mol. The monoisotopic (exact) mass is 476 g/mol. The second-order valence-corrected chi connectivity index (χ2v) is 8.92. The van der Waals surface area contributed by atoms with Crippen LogP contribution in [0.15, 0.2) is 39.9 Å². The predicted octanol–water partition coefficient (Wildman–Crippen LogP) is 3.39. The molecule has 10 heteroatoms. The van der Waals surface area contributed by atoms with E-state index in [9.17, 15) is 14.4 Å². The number of hydrogen-bond donors (Lipinski definition) is 2. The molecule has 1 aromatic carbocycles. The van der Waals surface area contributed by atoms with Crippen LogP contribution in [0.1, 0.15) is 39.2 Å². The number of rotatable bonds is 5. The van der Waals surface area contributed by atoms with Gasteiger partial charge in [-0.15, -0.1) is 11.3 Å². The van der Waals surface area contributed by atoms with Crippen LogP contribution in [0.3, 0.4) is 0 Å². The zero-order chi connectivity index (χ0) is 24.6. The lowest BCUT2D eigenvalue weighted by Crippen LogP contribution is -2.23. The Labute approximate surface area is 199 Å². The van der Waals surface area contributed by atoms with Crippen LogP contribution in [-0.2, 0) is 13.5 Å². The van der Waals surface area contributed by atoms with Gasteiger partial charge in [-0.25, -0.2) is 14.6 Å². The smallest absolute Gasteiger partial charge is 0.277 e. The van der Waals surface area contributed by atoms with E-state index in [4.69, 9.17) is 0 Å². The molecule has 34 heavy (non-hydrogen) atoms. The molecule has 0 spiro atoms. The van der Waals surface area contributed by atoms with E-state index in [-0.39, 0.29) is 17.0 Å². The molecule has 9 nitrogen and oxygen atoms in total. The highest BCUT2D eigenvalue weighted by molar-refractivity contribution is 7.17. The summed E-state index contributed by atoms with van der Waals surface area (Å²) in [5, 5.41) is 7.57. The summed E-state index contributed by atoms with van der Waals surface area (Å²) in [6.45, 7) is 7.33. The molecule has 174 valence electrons. The molecule has 0 bridgehead atoms. The number of aryl methyl sites for hydroxylation is 4. The normalized spacial score (nSPS) is 11.0. The number of amides is 1. The average Bonchev–Trinajstić information content (AvgIpc) is 3.19. The van der Waals surface area contributed by atoms with Gasteiger partial charge in [0.15, 0.2) is 0 Å².